The van der Waals surface area contributed by atoms with Crippen LogP contribution < -0.4 is 14.8 Å². The van der Waals surface area contributed by atoms with Crippen molar-refractivity contribution < 1.29 is 9.47 Å². The first-order chi connectivity index (χ1) is 9.74. The molecule has 0 spiro atoms. The van der Waals surface area contributed by atoms with E-state index in [2.05, 4.69) is 17.2 Å². The number of halogens is 1. The number of ether oxygens (including phenoxy) is 2. The van der Waals surface area contributed by atoms with Crippen molar-refractivity contribution in [3.05, 3.63) is 34.3 Å². The first-order valence-electron chi connectivity index (χ1n) is 6.37. The van der Waals surface area contributed by atoms with Crippen LogP contribution in [0.5, 0.6) is 11.5 Å². The van der Waals surface area contributed by atoms with Crippen molar-refractivity contribution in [2.75, 3.05) is 19.0 Å². The number of thiazole rings is 1. The molecule has 6 heteroatoms. The van der Waals surface area contributed by atoms with Crippen molar-refractivity contribution >= 4 is 28.1 Å². The van der Waals surface area contributed by atoms with Gasteiger partial charge in [0.1, 0.15) is 0 Å². The number of benzene rings is 1. The van der Waals surface area contributed by atoms with Gasteiger partial charge in [-0.2, -0.15) is 0 Å². The van der Waals surface area contributed by atoms with Gasteiger partial charge in [-0.3, -0.25) is 0 Å². The number of nitrogens with zero attached hydrogens (tertiary/aromatic N) is 1. The van der Waals surface area contributed by atoms with Gasteiger partial charge in [0.05, 0.1) is 13.7 Å². The predicted molar refractivity (Wildman–Crippen MR) is 83.2 cm³/mol. The molecule has 0 unspecified atom stereocenters. The summed E-state index contributed by atoms with van der Waals surface area (Å²) >= 11 is 7.67. The van der Waals surface area contributed by atoms with Crippen LogP contribution in [0, 0.1) is 0 Å². The molecule has 1 aromatic heterocycles. The van der Waals surface area contributed by atoms with Crippen molar-refractivity contribution in [1.82, 2.24) is 4.98 Å². The second kappa shape index (κ2) is 7.36. The van der Waals surface area contributed by atoms with Gasteiger partial charge in [0.25, 0.3) is 0 Å². The van der Waals surface area contributed by atoms with Gasteiger partial charge in [-0.1, -0.05) is 18.5 Å². The summed E-state index contributed by atoms with van der Waals surface area (Å²) in [5.41, 5.74) is 0.956. The Labute approximate surface area is 127 Å². The molecule has 4 nitrogen and oxygen atoms in total. The first-order valence-corrected chi connectivity index (χ1v) is 7.63. The van der Waals surface area contributed by atoms with E-state index in [1.807, 2.05) is 11.4 Å². The Morgan fingerprint density at radius 2 is 2.25 bits per heavy atom. The molecule has 2 rings (SSSR count). The maximum atomic E-state index is 6.12. The van der Waals surface area contributed by atoms with Crippen LogP contribution in [-0.2, 0) is 6.54 Å². The summed E-state index contributed by atoms with van der Waals surface area (Å²) in [4.78, 5) is 4.19. The minimum absolute atomic E-state index is 0.587. The highest BCUT2D eigenvalue weighted by atomic mass is 35.5. The lowest BCUT2D eigenvalue weighted by atomic mass is 10.2. The van der Waals surface area contributed by atoms with Gasteiger partial charge in [-0.15, -0.1) is 11.3 Å². The molecule has 0 fully saturated rings. The van der Waals surface area contributed by atoms with Gasteiger partial charge in [0.2, 0.25) is 0 Å². The van der Waals surface area contributed by atoms with Crippen molar-refractivity contribution in [2.45, 2.75) is 19.9 Å². The average molecular weight is 313 g/mol. The van der Waals surface area contributed by atoms with Gasteiger partial charge in [0, 0.05) is 34.8 Å². The third kappa shape index (κ3) is 3.77. The minimum atomic E-state index is 0.587. The fraction of sp³-hybridized carbons (Fsp3) is 0.357. The van der Waals surface area contributed by atoms with Crippen LogP contribution in [0.15, 0.2) is 23.7 Å². The molecule has 108 valence electrons. The van der Waals surface area contributed by atoms with Crippen LogP contribution in [0.3, 0.4) is 0 Å². The van der Waals surface area contributed by atoms with Gasteiger partial charge in [-0.25, -0.2) is 4.98 Å². The first kappa shape index (κ1) is 14.9. The molecular formula is C14H17ClN2O2S. The molecule has 0 bridgehead atoms. The fourth-order valence-corrected chi connectivity index (χ4v) is 2.51. The number of rotatable bonds is 7. The van der Waals surface area contributed by atoms with Crippen molar-refractivity contribution in [3.8, 4) is 11.5 Å². The summed E-state index contributed by atoms with van der Waals surface area (Å²) < 4.78 is 11.1. The minimum Gasteiger partial charge on any atom is -0.493 e. The second-order valence-electron chi connectivity index (χ2n) is 4.14. The van der Waals surface area contributed by atoms with Crippen LogP contribution in [0.2, 0.25) is 5.02 Å². The van der Waals surface area contributed by atoms with Gasteiger partial charge >= 0.3 is 0 Å². The van der Waals surface area contributed by atoms with E-state index in [-0.39, 0.29) is 0 Å². The van der Waals surface area contributed by atoms with Crippen LogP contribution in [-0.4, -0.2) is 18.7 Å². The van der Waals surface area contributed by atoms with Crippen molar-refractivity contribution in [3.63, 3.8) is 0 Å². The molecule has 1 aromatic carbocycles. The second-order valence-corrected chi connectivity index (χ2v) is 5.47. The van der Waals surface area contributed by atoms with E-state index in [0.717, 1.165) is 22.9 Å². The third-order valence-corrected chi connectivity index (χ3v) is 3.58. The molecule has 0 aliphatic heterocycles. The number of anilines is 1. The van der Waals surface area contributed by atoms with E-state index in [9.17, 15) is 0 Å². The van der Waals surface area contributed by atoms with Gasteiger partial charge < -0.3 is 14.8 Å². The van der Waals surface area contributed by atoms with Gasteiger partial charge in [-0.05, 0) is 12.5 Å². The molecule has 1 N–H and O–H groups in total. The summed E-state index contributed by atoms with van der Waals surface area (Å²) in [6.07, 6.45) is 2.70. The van der Waals surface area contributed by atoms with Crippen molar-refractivity contribution in [2.24, 2.45) is 0 Å². The number of aromatic nitrogens is 1. The van der Waals surface area contributed by atoms with E-state index in [1.165, 1.54) is 0 Å². The van der Waals surface area contributed by atoms with E-state index < -0.39 is 0 Å². The van der Waals surface area contributed by atoms with E-state index in [1.54, 1.807) is 30.7 Å². The predicted octanol–water partition coefficient (Wildman–Crippen LogP) is 4.21. The van der Waals surface area contributed by atoms with Crippen LogP contribution in [0.4, 0.5) is 5.13 Å². The third-order valence-electron chi connectivity index (χ3n) is 2.63. The summed E-state index contributed by atoms with van der Waals surface area (Å²) in [6.45, 7) is 3.29. The number of hydrogen-bond acceptors (Lipinski definition) is 5. The van der Waals surface area contributed by atoms with E-state index in [0.29, 0.717) is 23.9 Å². The normalized spacial score (nSPS) is 10.3. The zero-order valence-electron chi connectivity index (χ0n) is 11.5. The average Bonchev–Trinajstić information content (AvgIpc) is 2.96. The SMILES string of the molecule is CCCOc1c(CNc2nccs2)cc(Cl)cc1OC. The lowest BCUT2D eigenvalue weighted by Gasteiger charge is -2.15. The molecule has 20 heavy (non-hydrogen) atoms. The maximum absolute atomic E-state index is 6.12. The largest absolute Gasteiger partial charge is 0.493 e. The molecule has 1 heterocycles. The smallest absolute Gasteiger partial charge is 0.182 e. The molecular weight excluding hydrogens is 296 g/mol. The Balaban J connectivity index is 2.21. The monoisotopic (exact) mass is 312 g/mol. The Kier molecular flexibility index (Phi) is 5.49. The van der Waals surface area contributed by atoms with E-state index >= 15 is 0 Å². The molecule has 0 saturated carbocycles. The van der Waals surface area contributed by atoms with Gasteiger partial charge in [0.15, 0.2) is 16.6 Å². The highest BCUT2D eigenvalue weighted by Crippen LogP contribution is 2.35. The summed E-state index contributed by atoms with van der Waals surface area (Å²) in [5, 5.41) is 6.67. The highest BCUT2D eigenvalue weighted by molar-refractivity contribution is 7.13. The van der Waals surface area contributed by atoms with Crippen molar-refractivity contribution in [1.29, 1.82) is 0 Å². The number of methoxy groups -OCH3 is 1. The fourth-order valence-electron chi connectivity index (χ4n) is 1.76. The lowest BCUT2D eigenvalue weighted by Crippen LogP contribution is -2.05. The standard InChI is InChI=1S/C14H17ClN2O2S/c1-3-5-19-13-10(7-11(15)8-12(13)18-2)9-17-14-16-4-6-20-14/h4,6-8H,3,5,9H2,1-2H3,(H,16,17). The summed E-state index contributed by atoms with van der Waals surface area (Å²) in [5.74, 6) is 1.39. The topological polar surface area (TPSA) is 43.4 Å². The molecule has 0 aliphatic carbocycles. The summed E-state index contributed by atoms with van der Waals surface area (Å²) in [7, 11) is 1.61. The molecule has 0 atom stereocenters. The Morgan fingerprint density at radius 1 is 1.40 bits per heavy atom. The van der Waals surface area contributed by atoms with Crippen LogP contribution >= 0.6 is 22.9 Å². The Morgan fingerprint density at radius 3 is 2.90 bits per heavy atom. The molecule has 0 amide bonds. The van der Waals surface area contributed by atoms with Crippen LogP contribution in [0.25, 0.3) is 0 Å². The van der Waals surface area contributed by atoms with Crippen LogP contribution in [0.1, 0.15) is 18.9 Å². The molecule has 0 radical (unpaired) electrons. The molecule has 0 aliphatic rings. The molecule has 2 aromatic rings. The maximum Gasteiger partial charge on any atom is 0.182 e. The highest BCUT2D eigenvalue weighted by Gasteiger charge is 2.13. The molecule has 0 saturated heterocycles. The number of hydrogen-bond donors (Lipinski definition) is 1. The lowest BCUT2D eigenvalue weighted by molar-refractivity contribution is 0.291. The zero-order chi connectivity index (χ0) is 14.4. The summed E-state index contributed by atoms with van der Waals surface area (Å²) in [6, 6.07) is 3.65. The zero-order valence-corrected chi connectivity index (χ0v) is 13.1. The Hall–Kier alpha value is -1.46. The number of nitrogens with one attached hydrogen (secondary N) is 1. The van der Waals surface area contributed by atoms with E-state index in [4.69, 9.17) is 21.1 Å². The Bertz CT molecular complexity index is 546. The quantitative estimate of drug-likeness (QED) is 0.832.